The minimum absolute atomic E-state index is 0.0621. The molecule has 0 fully saturated rings. The van der Waals surface area contributed by atoms with Crippen LogP contribution in [0.5, 0.6) is 0 Å². The quantitative estimate of drug-likeness (QED) is 0.415. The smallest absolute Gasteiger partial charge is 0.264 e. The summed E-state index contributed by atoms with van der Waals surface area (Å²) in [4.78, 5) is 13.1. The number of carbonyl (C=O) groups is 1. The molecule has 0 unspecified atom stereocenters. The summed E-state index contributed by atoms with van der Waals surface area (Å²) in [7, 11) is -3.94. The Morgan fingerprint density at radius 2 is 1.62 bits per heavy atom. The number of anilines is 1. The normalized spacial score (nSPS) is 11.2. The molecule has 0 aromatic heterocycles. The van der Waals surface area contributed by atoms with Crippen LogP contribution in [0, 0.1) is 6.92 Å². The average molecular weight is 471 g/mol. The molecule has 168 valence electrons. The van der Waals surface area contributed by atoms with Crippen LogP contribution < -0.4 is 9.62 Å². The molecule has 3 aromatic rings. The van der Waals surface area contributed by atoms with E-state index >= 15 is 0 Å². The van der Waals surface area contributed by atoms with Crippen LogP contribution in [0.1, 0.15) is 41.3 Å². The number of nitrogens with zero attached hydrogens (tertiary/aromatic N) is 1. The van der Waals surface area contributed by atoms with E-state index in [-0.39, 0.29) is 17.3 Å². The molecule has 0 saturated carbocycles. The number of amides is 1. The van der Waals surface area contributed by atoms with Crippen LogP contribution in [0.15, 0.2) is 77.7 Å². The number of hydrogen-bond donors (Lipinski definition) is 1. The molecule has 0 heterocycles. The first-order chi connectivity index (χ1) is 15.3. The lowest BCUT2D eigenvalue weighted by Gasteiger charge is -2.27. The van der Waals surface area contributed by atoms with Crippen LogP contribution >= 0.6 is 11.6 Å². The second-order valence-electron chi connectivity index (χ2n) is 7.58. The van der Waals surface area contributed by atoms with Gasteiger partial charge in [-0.15, -0.1) is 0 Å². The highest BCUT2D eigenvalue weighted by molar-refractivity contribution is 7.92. The standard InChI is InChI=1S/C25H27ClN2O3S/c1-3-4-17-27-25(29)23-7-5-6-8-24(23)28(18-20-11-13-21(26)14-12-20)32(30,31)22-15-9-19(2)10-16-22/h5-16H,3-4,17-18H2,1-2H3,(H,27,29). The topological polar surface area (TPSA) is 66.5 Å². The van der Waals surface area contributed by atoms with Gasteiger partial charge < -0.3 is 5.32 Å². The van der Waals surface area contributed by atoms with Gasteiger partial charge in [-0.05, 0) is 55.3 Å². The number of sulfonamides is 1. The first-order valence-corrected chi connectivity index (χ1v) is 12.4. The lowest BCUT2D eigenvalue weighted by Crippen LogP contribution is -2.33. The predicted octanol–water partition coefficient (Wildman–Crippen LogP) is 5.57. The Hall–Kier alpha value is -2.83. The molecule has 0 spiro atoms. The second-order valence-corrected chi connectivity index (χ2v) is 9.88. The fourth-order valence-electron chi connectivity index (χ4n) is 3.25. The van der Waals surface area contributed by atoms with Crippen LogP contribution in [0.3, 0.4) is 0 Å². The summed E-state index contributed by atoms with van der Waals surface area (Å²) in [6.45, 7) is 4.54. The summed E-state index contributed by atoms with van der Waals surface area (Å²) in [5, 5.41) is 3.45. The van der Waals surface area contributed by atoms with Crippen molar-refractivity contribution in [2.24, 2.45) is 0 Å². The summed E-state index contributed by atoms with van der Waals surface area (Å²) < 4.78 is 28.7. The third kappa shape index (κ3) is 5.69. The van der Waals surface area contributed by atoms with Crippen molar-refractivity contribution in [1.82, 2.24) is 5.32 Å². The molecule has 5 nitrogen and oxygen atoms in total. The van der Waals surface area contributed by atoms with Crippen LogP contribution in [-0.2, 0) is 16.6 Å². The molecule has 0 radical (unpaired) electrons. The van der Waals surface area contributed by atoms with Crippen LogP contribution in [0.4, 0.5) is 5.69 Å². The van der Waals surface area contributed by atoms with Gasteiger partial charge in [-0.25, -0.2) is 8.42 Å². The van der Waals surface area contributed by atoms with Crippen molar-refractivity contribution >= 4 is 33.2 Å². The Kier molecular flexibility index (Phi) is 7.94. The van der Waals surface area contributed by atoms with E-state index in [1.54, 1.807) is 72.8 Å². The van der Waals surface area contributed by atoms with E-state index in [4.69, 9.17) is 11.6 Å². The third-order valence-electron chi connectivity index (χ3n) is 5.08. The van der Waals surface area contributed by atoms with Crippen LogP contribution in [-0.4, -0.2) is 20.9 Å². The maximum Gasteiger partial charge on any atom is 0.264 e. The van der Waals surface area contributed by atoms with E-state index in [0.717, 1.165) is 24.0 Å². The number of hydrogen-bond acceptors (Lipinski definition) is 3. The van der Waals surface area contributed by atoms with E-state index in [0.29, 0.717) is 22.8 Å². The Labute approximate surface area is 195 Å². The van der Waals surface area contributed by atoms with Gasteiger partial charge in [0.15, 0.2) is 0 Å². The highest BCUT2D eigenvalue weighted by Gasteiger charge is 2.28. The molecule has 7 heteroatoms. The number of unbranched alkanes of at least 4 members (excludes halogenated alkanes) is 1. The van der Waals surface area contributed by atoms with Crippen molar-refractivity contribution < 1.29 is 13.2 Å². The average Bonchev–Trinajstić information content (AvgIpc) is 2.79. The zero-order chi connectivity index (χ0) is 23.1. The summed E-state index contributed by atoms with van der Waals surface area (Å²) in [5.74, 6) is -0.297. The van der Waals surface area contributed by atoms with Crippen molar-refractivity contribution in [3.8, 4) is 0 Å². The van der Waals surface area contributed by atoms with Gasteiger partial charge in [0.2, 0.25) is 0 Å². The molecule has 1 amide bonds. The predicted molar refractivity (Wildman–Crippen MR) is 130 cm³/mol. The van der Waals surface area contributed by atoms with Gasteiger partial charge in [-0.3, -0.25) is 9.10 Å². The van der Waals surface area contributed by atoms with E-state index < -0.39 is 10.0 Å². The van der Waals surface area contributed by atoms with Crippen molar-refractivity contribution in [3.63, 3.8) is 0 Å². The highest BCUT2D eigenvalue weighted by Crippen LogP contribution is 2.29. The van der Waals surface area contributed by atoms with Gasteiger partial charge in [-0.1, -0.05) is 66.9 Å². The molecule has 32 heavy (non-hydrogen) atoms. The SMILES string of the molecule is CCCCNC(=O)c1ccccc1N(Cc1ccc(Cl)cc1)S(=O)(=O)c1ccc(C)cc1. The zero-order valence-corrected chi connectivity index (χ0v) is 19.8. The lowest BCUT2D eigenvalue weighted by molar-refractivity contribution is 0.0954. The first kappa shape index (κ1) is 23.8. The maximum absolute atomic E-state index is 13.7. The van der Waals surface area contributed by atoms with Crippen molar-refractivity contribution in [2.45, 2.75) is 38.1 Å². The second kappa shape index (κ2) is 10.7. The Bertz CT molecular complexity index is 1160. The summed E-state index contributed by atoms with van der Waals surface area (Å²) in [5.41, 5.74) is 2.36. The van der Waals surface area contributed by atoms with Crippen LogP contribution in [0.25, 0.3) is 0 Å². The van der Waals surface area contributed by atoms with Crippen molar-refractivity contribution in [3.05, 3.63) is 94.5 Å². The van der Waals surface area contributed by atoms with Crippen molar-refractivity contribution in [2.75, 3.05) is 10.8 Å². The highest BCUT2D eigenvalue weighted by atomic mass is 35.5. The van der Waals surface area contributed by atoms with Crippen LogP contribution in [0.2, 0.25) is 5.02 Å². The molecule has 0 atom stereocenters. The molecule has 0 aliphatic carbocycles. The fourth-order valence-corrected chi connectivity index (χ4v) is 4.85. The number of nitrogens with one attached hydrogen (secondary N) is 1. The van der Waals surface area contributed by atoms with Gasteiger partial charge >= 0.3 is 0 Å². The van der Waals surface area contributed by atoms with E-state index in [1.165, 1.54) is 4.31 Å². The minimum atomic E-state index is -3.94. The molecule has 0 bridgehead atoms. The molecular formula is C25H27ClN2O3S. The van der Waals surface area contributed by atoms with Gasteiger partial charge in [0.25, 0.3) is 15.9 Å². The van der Waals surface area contributed by atoms with Gasteiger partial charge in [-0.2, -0.15) is 0 Å². The summed E-state index contributed by atoms with van der Waals surface area (Å²) >= 11 is 6.01. The number of rotatable bonds is 9. The van der Waals surface area contributed by atoms with Gasteiger partial charge in [0.05, 0.1) is 22.7 Å². The number of benzene rings is 3. The summed E-state index contributed by atoms with van der Waals surface area (Å²) in [6, 6.07) is 20.5. The number of carbonyl (C=O) groups excluding carboxylic acids is 1. The minimum Gasteiger partial charge on any atom is -0.352 e. The van der Waals surface area contributed by atoms with Gasteiger partial charge in [0.1, 0.15) is 0 Å². The van der Waals surface area contributed by atoms with Crippen molar-refractivity contribution in [1.29, 1.82) is 0 Å². The molecule has 1 N–H and O–H groups in total. The monoisotopic (exact) mass is 470 g/mol. The summed E-state index contributed by atoms with van der Waals surface area (Å²) in [6.07, 6.45) is 1.80. The molecule has 0 saturated heterocycles. The zero-order valence-electron chi connectivity index (χ0n) is 18.2. The van der Waals surface area contributed by atoms with E-state index in [2.05, 4.69) is 5.32 Å². The molecular weight excluding hydrogens is 444 g/mol. The van der Waals surface area contributed by atoms with E-state index in [9.17, 15) is 13.2 Å². The number of para-hydroxylation sites is 1. The Morgan fingerprint density at radius 3 is 2.28 bits per heavy atom. The van der Waals surface area contributed by atoms with Gasteiger partial charge in [0, 0.05) is 11.6 Å². The third-order valence-corrected chi connectivity index (χ3v) is 7.11. The van der Waals surface area contributed by atoms with E-state index in [1.807, 2.05) is 13.8 Å². The Balaban J connectivity index is 2.08. The molecule has 0 aliphatic heterocycles. The Morgan fingerprint density at radius 1 is 0.969 bits per heavy atom. The largest absolute Gasteiger partial charge is 0.352 e. The molecule has 0 aliphatic rings. The number of halogens is 1. The first-order valence-electron chi connectivity index (χ1n) is 10.5. The molecule has 3 rings (SSSR count). The maximum atomic E-state index is 13.7. The number of aryl methyl sites for hydroxylation is 1. The fraction of sp³-hybridized carbons (Fsp3) is 0.240. The molecule has 3 aromatic carbocycles. The lowest BCUT2D eigenvalue weighted by atomic mass is 10.1.